The molecule has 3 rings (SSSR count). The summed E-state index contributed by atoms with van der Waals surface area (Å²) < 4.78 is 58.3. The van der Waals surface area contributed by atoms with Gasteiger partial charge in [0.25, 0.3) is 11.9 Å². The Labute approximate surface area is 201 Å². The fraction of sp³-hybridized carbons (Fsp3) is 0.478. The van der Waals surface area contributed by atoms with E-state index in [9.17, 15) is 13.6 Å². The van der Waals surface area contributed by atoms with Crippen LogP contribution in [0.2, 0.25) is 0 Å². The first-order valence-corrected chi connectivity index (χ1v) is 11.0. The molecule has 2 aliphatic rings. The van der Waals surface area contributed by atoms with Gasteiger partial charge >= 0.3 is 0 Å². The van der Waals surface area contributed by atoms with E-state index >= 15 is 4.39 Å². The number of hydrogen-bond acceptors (Lipinski definition) is 8. The van der Waals surface area contributed by atoms with Crippen molar-refractivity contribution in [1.82, 2.24) is 0 Å². The van der Waals surface area contributed by atoms with Crippen LogP contribution in [-0.2, 0) is 24.5 Å². The Morgan fingerprint density at radius 3 is 2.89 bits per heavy atom. The van der Waals surface area contributed by atoms with Crippen molar-refractivity contribution in [2.45, 2.75) is 44.4 Å². The fourth-order valence-corrected chi connectivity index (χ4v) is 4.43. The third-order valence-electron chi connectivity index (χ3n) is 6.00. The van der Waals surface area contributed by atoms with Crippen molar-refractivity contribution in [3.63, 3.8) is 0 Å². The molecule has 3 N–H and O–H groups in total. The minimum absolute atomic E-state index is 0.0277. The van der Waals surface area contributed by atoms with Crippen LogP contribution in [0.1, 0.15) is 32.3 Å². The number of ether oxygens (including phenoxy) is 3. The van der Waals surface area contributed by atoms with Gasteiger partial charge < -0.3 is 25.3 Å². The lowest BCUT2D eigenvalue weighted by Gasteiger charge is -2.49. The minimum Gasteiger partial charge on any atom is -0.462 e. The number of anilines is 1. The lowest BCUT2D eigenvalue weighted by molar-refractivity contribution is -0.129. The van der Waals surface area contributed by atoms with Gasteiger partial charge in [0.15, 0.2) is 5.90 Å². The maximum atomic E-state index is 15.2. The summed E-state index contributed by atoms with van der Waals surface area (Å²) in [6.07, 6.45) is 1.07. The SMILES string of the molecule is C=N/C(=C\N=C(C)OCF)C(=O)Nc1ccc(F)c([C@@]2(CF)N=C(N)O[C@@H]3CCO[C@@H](CC)[C@@H]32)c1. The molecule has 0 spiro atoms. The van der Waals surface area contributed by atoms with E-state index in [0.717, 1.165) is 12.3 Å². The minimum atomic E-state index is -1.71. The van der Waals surface area contributed by atoms with Crippen molar-refractivity contribution in [3.05, 3.63) is 41.5 Å². The molecule has 1 saturated heterocycles. The molecule has 0 saturated carbocycles. The average Bonchev–Trinajstić information content (AvgIpc) is 2.84. The maximum Gasteiger partial charge on any atom is 0.283 e. The van der Waals surface area contributed by atoms with E-state index in [1.807, 2.05) is 6.92 Å². The monoisotopic (exact) mass is 495 g/mol. The molecule has 1 aromatic carbocycles. The first kappa shape index (κ1) is 26.2. The second kappa shape index (κ2) is 11.3. The molecule has 1 amide bonds. The normalized spacial score (nSPS) is 26.8. The molecule has 2 heterocycles. The van der Waals surface area contributed by atoms with Crippen LogP contribution in [-0.4, -0.2) is 56.9 Å². The van der Waals surface area contributed by atoms with Crippen LogP contribution in [0.3, 0.4) is 0 Å². The highest BCUT2D eigenvalue weighted by molar-refractivity contribution is 6.04. The van der Waals surface area contributed by atoms with Crippen LogP contribution < -0.4 is 11.1 Å². The first-order chi connectivity index (χ1) is 16.8. The summed E-state index contributed by atoms with van der Waals surface area (Å²) in [4.78, 5) is 24.3. The number of hydrogen-bond donors (Lipinski definition) is 2. The molecule has 0 aliphatic carbocycles. The van der Waals surface area contributed by atoms with E-state index in [0.29, 0.717) is 19.4 Å². The van der Waals surface area contributed by atoms with Gasteiger partial charge in [-0.3, -0.25) is 9.79 Å². The molecule has 1 fully saturated rings. The molecule has 4 atom stereocenters. The van der Waals surface area contributed by atoms with E-state index in [2.05, 4.69) is 31.7 Å². The van der Waals surface area contributed by atoms with Gasteiger partial charge in [-0.2, -0.15) is 0 Å². The van der Waals surface area contributed by atoms with Gasteiger partial charge in [-0.15, -0.1) is 0 Å². The Morgan fingerprint density at radius 2 is 2.23 bits per heavy atom. The number of nitrogens with one attached hydrogen (secondary N) is 1. The summed E-state index contributed by atoms with van der Waals surface area (Å²) in [5.74, 6) is -2.12. The molecular weight excluding hydrogens is 467 g/mol. The number of rotatable bonds is 8. The lowest BCUT2D eigenvalue weighted by atomic mass is 9.70. The maximum absolute atomic E-state index is 15.2. The molecule has 0 aromatic heterocycles. The van der Waals surface area contributed by atoms with Crippen LogP contribution in [0.25, 0.3) is 0 Å². The van der Waals surface area contributed by atoms with Gasteiger partial charge in [-0.25, -0.2) is 23.2 Å². The number of fused-ring (bicyclic) bond motifs is 1. The Hall–Kier alpha value is -3.41. The van der Waals surface area contributed by atoms with Crippen molar-refractivity contribution in [3.8, 4) is 0 Å². The number of alkyl halides is 2. The quantitative estimate of drug-likeness (QED) is 0.326. The van der Waals surface area contributed by atoms with Crippen LogP contribution in [0, 0.1) is 11.7 Å². The Balaban J connectivity index is 1.99. The zero-order valence-electron chi connectivity index (χ0n) is 19.5. The summed E-state index contributed by atoms with van der Waals surface area (Å²) in [6, 6.07) is 3.47. The molecule has 0 radical (unpaired) electrons. The molecule has 35 heavy (non-hydrogen) atoms. The molecular formula is C23H28F3N5O4. The van der Waals surface area contributed by atoms with Crippen LogP contribution in [0.5, 0.6) is 0 Å². The largest absolute Gasteiger partial charge is 0.462 e. The summed E-state index contributed by atoms with van der Waals surface area (Å²) in [5.41, 5.74) is 4.02. The summed E-state index contributed by atoms with van der Waals surface area (Å²) in [6.45, 7) is 4.85. The second-order valence-electron chi connectivity index (χ2n) is 8.02. The van der Waals surface area contributed by atoms with E-state index in [1.165, 1.54) is 19.1 Å². The summed E-state index contributed by atoms with van der Waals surface area (Å²) in [5, 5.41) is 2.55. The number of nitrogens with zero attached hydrogens (tertiary/aromatic N) is 3. The van der Waals surface area contributed by atoms with Crippen LogP contribution in [0.4, 0.5) is 18.9 Å². The highest BCUT2D eigenvalue weighted by Gasteiger charge is 2.55. The number of amides is 1. The van der Waals surface area contributed by atoms with Crippen molar-refractivity contribution >= 4 is 30.2 Å². The molecule has 12 heteroatoms. The number of aliphatic imine (C=N–C) groups is 3. The number of amidine groups is 1. The highest BCUT2D eigenvalue weighted by Crippen LogP contribution is 2.47. The van der Waals surface area contributed by atoms with Crippen LogP contribution in [0.15, 0.2) is 45.1 Å². The topological polar surface area (TPSA) is 120 Å². The molecule has 0 unspecified atom stereocenters. The average molecular weight is 496 g/mol. The van der Waals surface area contributed by atoms with Crippen molar-refractivity contribution in [2.75, 3.05) is 25.5 Å². The van der Waals surface area contributed by atoms with Crippen LogP contribution >= 0.6 is 0 Å². The van der Waals surface area contributed by atoms with E-state index in [4.69, 9.17) is 15.2 Å². The molecule has 1 aromatic rings. The number of carbonyl (C=O) groups is 1. The number of nitrogens with two attached hydrogens (primary N) is 1. The van der Waals surface area contributed by atoms with E-state index < -0.39 is 48.9 Å². The zero-order chi connectivity index (χ0) is 25.6. The Bertz CT molecular complexity index is 1050. The fourth-order valence-electron chi connectivity index (χ4n) is 4.43. The molecule has 2 aliphatic heterocycles. The van der Waals surface area contributed by atoms with E-state index in [-0.39, 0.29) is 28.9 Å². The van der Waals surface area contributed by atoms with Gasteiger partial charge in [0, 0.05) is 24.6 Å². The van der Waals surface area contributed by atoms with Crippen molar-refractivity contribution < 1.29 is 32.2 Å². The van der Waals surface area contributed by atoms with Gasteiger partial charge in [-0.1, -0.05) is 6.92 Å². The lowest BCUT2D eigenvalue weighted by Crippen LogP contribution is -2.58. The predicted molar refractivity (Wildman–Crippen MR) is 125 cm³/mol. The van der Waals surface area contributed by atoms with Gasteiger partial charge in [0.1, 0.15) is 29.8 Å². The molecule has 9 nitrogen and oxygen atoms in total. The standard InChI is InChI=1S/C23H28F3N5O4/c1-4-18-20-19(7-8-33-18)35-22(27)31-23(20,11-24)15-9-14(5-6-16(15)26)30-21(32)17(28-3)10-29-13(2)34-12-25/h5-6,9-10,18-20H,3-4,7-8,11-12H2,1-2H3,(H2,27,31)(H,30,32)/b17-10-,29-13?/t18-,19+,20-,23+/m0/s1. The predicted octanol–water partition coefficient (Wildman–Crippen LogP) is 3.36. The smallest absolute Gasteiger partial charge is 0.283 e. The number of benzene rings is 1. The Kier molecular flexibility index (Phi) is 8.49. The molecule has 0 bridgehead atoms. The van der Waals surface area contributed by atoms with Crippen molar-refractivity contribution in [2.24, 2.45) is 26.6 Å². The van der Waals surface area contributed by atoms with Gasteiger partial charge in [0.2, 0.25) is 6.86 Å². The van der Waals surface area contributed by atoms with Gasteiger partial charge in [0.05, 0.1) is 24.8 Å². The summed E-state index contributed by atoms with van der Waals surface area (Å²) in [7, 11) is 0. The number of halogens is 3. The van der Waals surface area contributed by atoms with Crippen molar-refractivity contribution in [1.29, 1.82) is 0 Å². The third-order valence-corrected chi connectivity index (χ3v) is 6.00. The van der Waals surface area contributed by atoms with E-state index in [1.54, 1.807) is 0 Å². The highest BCUT2D eigenvalue weighted by atomic mass is 19.1. The molecule has 190 valence electrons. The summed E-state index contributed by atoms with van der Waals surface area (Å²) >= 11 is 0. The number of carbonyl (C=O) groups excluding carboxylic acids is 1. The third kappa shape index (κ3) is 5.47. The zero-order valence-corrected chi connectivity index (χ0v) is 19.5. The Morgan fingerprint density at radius 1 is 1.46 bits per heavy atom. The second-order valence-corrected chi connectivity index (χ2v) is 8.02. The first-order valence-electron chi connectivity index (χ1n) is 11.0. The van der Waals surface area contributed by atoms with Gasteiger partial charge in [-0.05, 0) is 31.3 Å².